The second-order valence-corrected chi connectivity index (χ2v) is 6.56. The highest BCUT2D eigenvalue weighted by Crippen LogP contribution is 2.18. The van der Waals surface area contributed by atoms with Gasteiger partial charge in [-0.15, -0.1) is 11.3 Å². The van der Waals surface area contributed by atoms with Gasteiger partial charge in [-0.05, 0) is 37.6 Å². The number of hydrogen-bond donors (Lipinski definition) is 2. The lowest BCUT2D eigenvalue weighted by atomic mass is 10.1. The Morgan fingerprint density at radius 3 is 2.79 bits per heavy atom. The fraction of sp³-hybridized carbons (Fsp3) is 0.353. The van der Waals surface area contributed by atoms with Gasteiger partial charge < -0.3 is 16.0 Å². The van der Waals surface area contributed by atoms with Crippen molar-refractivity contribution < 1.29 is 9.59 Å². The number of carbonyl (C=O) groups excluding carboxylic acids is 2. The summed E-state index contributed by atoms with van der Waals surface area (Å²) in [7, 11) is 1.59. The number of amides is 2. The van der Waals surface area contributed by atoms with E-state index in [1.807, 2.05) is 32.0 Å². The molecule has 0 fully saturated rings. The van der Waals surface area contributed by atoms with Gasteiger partial charge in [-0.25, -0.2) is 4.98 Å². The molecule has 0 aliphatic heterocycles. The van der Waals surface area contributed by atoms with Crippen molar-refractivity contribution in [1.29, 1.82) is 0 Å². The van der Waals surface area contributed by atoms with Gasteiger partial charge in [-0.2, -0.15) is 0 Å². The lowest BCUT2D eigenvalue weighted by molar-refractivity contribution is -0.116. The van der Waals surface area contributed by atoms with Crippen LogP contribution in [-0.4, -0.2) is 41.8 Å². The zero-order chi connectivity index (χ0) is 17.7. The Hall–Kier alpha value is -2.25. The molecule has 1 aromatic heterocycles. The quantitative estimate of drug-likeness (QED) is 0.837. The maximum atomic E-state index is 12.3. The van der Waals surface area contributed by atoms with E-state index in [0.717, 1.165) is 21.8 Å². The monoisotopic (exact) mass is 346 g/mol. The van der Waals surface area contributed by atoms with Gasteiger partial charge >= 0.3 is 0 Å². The molecule has 0 spiro atoms. The predicted octanol–water partition coefficient (Wildman–Crippen LogP) is 1.97. The van der Waals surface area contributed by atoms with Crippen LogP contribution in [0, 0.1) is 13.8 Å². The molecule has 1 aromatic carbocycles. The van der Waals surface area contributed by atoms with Crippen molar-refractivity contribution in [2.24, 2.45) is 5.73 Å². The molecule has 0 unspecified atom stereocenters. The molecule has 0 aliphatic rings. The van der Waals surface area contributed by atoms with Crippen molar-refractivity contribution in [2.45, 2.75) is 20.3 Å². The molecule has 0 saturated carbocycles. The average molecular weight is 346 g/mol. The Morgan fingerprint density at radius 1 is 1.33 bits per heavy atom. The molecule has 2 aromatic rings. The number of anilines is 1. The third kappa shape index (κ3) is 4.39. The first-order valence-corrected chi connectivity index (χ1v) is 8.56. The molecule has 1 heterocycles. The topological polar surface area (TPSA) is 88.3 Å². The fourth-order valence-electron chi connectivity index (χ4n) is 2.21. The van der Waals surface area contributed by atoms with E-state index >= 15 is 0 Å². The van der Waals surface area contributed by atoms with Crippen LogP contribution >= 0.6 is 11.3 Å². The second-order valence-electron chi connectivity index (χ2n) is 5.62. The number of aromatic nitrogens is 1. The highest BCUT2D eigenvalue weighted by atomic mass is 32.1. The summed E-state index contributed by atoms with van der Waals surface area (Å²) in [6.07, 6.45) is 0.648. The van der Waals surface area contributed by atoms with Crippen LogP contribution in [-0.2, 0) is 11.2 Å². The summed E-state index contributed by atoms with van der Waals surface area (Å²) in [6.45, 7) is 4.40. The zero-order valence-corrected chi connectivity index (χ0v) is 14.9. The first kappa shape index (κ1) is 18.1. The van der Waals surface area contributed by atoms with Crippen LogP contribution < -0.4 is 11.1 Å². The van der Waals surface area contributed by atoms with Crippen molar-refractivity contribution in [3.63, 3.8) is 0 Å². The number of hydrogen-bond acceptors (Lipinski definition) is 5. The van der Waals surface area contributed by atoms with Gasteiger partial charge in [0.15, 0.2) is 0 Å². The number of nitrogens with one attached hydrogen (secondary N) is 1. The van der Waals surface area contributed by atoms with Crippen LogP contribution in [0.3, 0.4) is 0 Å². The Labute approximate surface area is 145 Å². The molecule has 2 rings (SSSR count). The van der Waals surface area contributed by atoms with Crippen LogP contribution in [0.2, 0.25) is 0 Å². The van der Waals surface area contributed by atoms with Crippen molar-refractivity contribution in [3.8, 4) is 0 Å². The zero-order valence-electron chi connectivity index (χ0n) is 14.1. The highest BCUT2D eigenvalue weighted by Gasteiger charge is 2.18. The van der Waals surface area contributed by atoms with Gasteiger partial charge in [0.1, 0.15) is 5.69 Å². The van der Waals surface area contributed by atoms with E-state index in [0.29, 0.717) is 18.7 Å². The van der Waals surface area contributed by atoms with Crippen LogP contribution in [0.15, 0.2) is 23.6 Å². The van der Waals surface area contributed by atoms with Gasteiger partial charge in [0, 0.05) is 24.5 Å². The summed E-state index contributed by atoms with van der Waals surface area (Å²) in [4.78, 5) is 30.1. The second kappa shape index (κ2) is 8.03. The maximum Gasteiger partial charge on any atom is 0.273 e. The lowest BCUT2D eigenvalue weighted by Crippen LogP contribution is -2.35. The molecular weight excluding hydrogens is 324 g/mol. The SMILES string of the molecule is Cc1cccc(NC(=O)CN(C)C(=O)c2csc(CCN)n2)c1C. The van der Waals surface area contributed by atoms with Crippen LogP contribution in [0.4, 0.5) is 5.69 Å². The first-order chi connectivity index (χ1) is 11.4. The van der Waals surface area contributed by atoms with Crippen LogP contribution in [0.5, 0.6) is 0 Å². The number of aryl methyl sites for hydroxylation is 1. The standard InChI is InChI=1S/C17H22N4O2S/c1-11-5-4-6-13(12(11)2)19-15(22)9-21(3)17(23)14-10-24-16(20-14)7-8-18/h4-6,10H,7-9,18H2,1-3H3,(H,19,22). The smallest absolute Gasteiger partial charge is 0.273 e. The van der Waals surface area contributed by atoms with E-state index in [-0.39, 0.29) is 18.4 Å². The summed E-state index contributed by atoms with van der Waals surface area (Å²) in [5, 5.41) is 5.38. The van der Waals surface area contributed by atoms with Gasteiger partial charge in [-0.1, -0.05) is 12.1 Å². The fourth-order valence-corrected chi connectivity index (χ4v) is 2.99. The molecule has 3 N–H and O–H groups in total. The van der Waals surface area contributed by atoms with Crippen LogP contribution in [0.25, 0.3) is 0 Å². The summed E-state index contributed by atoms with van der Waals surface area (Å²) in [6, 6.07) is 5.73. The Balaban J connectivity index is 1.97. The summed E-state index contributed by atoms with van der Waals surface area (Å²) in [5.74, 6) is -0.511. The minimum atomic E-state index is -0.273. The number of rotatable bonds is 6. The molecule has 7 heteroatoms. The van der Waals surface area contributed by atoms with Crippen molar-refractivity contribution in [3.05, 3.63) is 45.4 Å². The molecule has 0 atom stereocenters. The number of likely N-dealkylation sites (N-methyl/N-ethyl adjacent to an activating group) is 1. The minimum Gasteiger partial charge on any atom is -0.331 e. The Kier molecular flexibility index (Phi) is 6.05. The molecule has 128 valence electrons. The average Bonchev–Trinajstić information content (AvgIpc) is 3.00. The van der Waals surface area contributed by atoms with E-state index in [2.05, 4.69) is 10.3 Å². The van der Waals surface area contributed by atoms with Gasteiger partial charge in [0.25, 0.3) is 5.91 Å². The molecule has 2 amide bonds. The third-order valence-electron chi connectivity index (χ3n) is 3.74. The molecule has 6 nitrogen and oxygen atoms in total. The minimum absolute atomic E-state index is 0.0318. The Bertz CT molecular complexity index is 742. The van der Waals surface area contributed by atoms with Crippen molar-refractivity contribution in [1.82, 2.24) is 9.88 Å². The van der Waals surface area contributed by atoms with E-state index in [1.165, 1.54) is 16.2 Å². The summed E-state index contributed by atoms with van der Waals surface area (Å²) in [5.41, 5.74) is 8.73. The van der Waals surface area contributed by atoms with Gasteiger partial charge in [0.05, 0.1) is 11.6 Å². The van der Waals surface area contributed by atoms with E-state index < -0.39 is 0 Å². The molecule has 0 saturated heterocycles. The normalized spacial score (nSPS) is 10.5. The van der Waals surface area contributed by atoms with Crippen molar-refractivity contribution in [2.75, 3.05) is 25.5 Å². The van der Waals surface area contributed by atoms with Crippen LogP contribution in [0.1, 0.15) is 26.6 Å². The van der Waals surface area contributed by atoms with E-state index in [4.69, 9.17) is 5.73 Å². The molecule has 0 aliphatic carbocycles. The Morgan fingerprint density at radius 2 is 2.08 bits per heavy atom. The molecule has 24 heavy (non-hydrogen) atoms. The predicted molar refractivity (Wildman–Crippen MR) is 96.4 cm³/mol. The summed E-state index contributed by atoms with van der Waals surface area (Å²) >= 11 is 1.41. The van der Waals surface area contributed by atoms with Crippen molar-refractivity contribution >= 4 is 28.8 Å². The lowest BCUT2D eigenvalue weighted by Gasteiger charge is -2.16. The number of carbonyl (C=O) groups is 2. The van der Waals surface area contributed by atoms with Gasteiger partial charge in [0.2, 0.25) is 5.91 Å². The van der Waals surface area contributed by atoms with Gasteiger partial charge in [-0.3, -0.25) is 9.59 Å². The number of nitrogens with two attached hydrogens (primary N) is 1. The third-order valence-corrected chi connectivity index (χ3v) is 4.64. The largest absolute Gasteiger partial charge is 0.331 e. The molecular formula is C17H22N4O2S. The highest BCUT2D eigenvalue weighted by molar-refractivity contribution is 7.09. The molecule has 0 radical (unpaired) electrons. The van der Waals surface area contributed by atoms with E-state index in [1.54, 1.807) is 12.4 Å². The van der Waals surface area contributed by atoms with E-state index in [9.17, 15) is 9.59 Å². The number of thiazole rings is 1. The number of nitrogens with zero attached hydrogens (tertiary/aromatic N) is 2. The number of benzene rings is 1. The summed E-state index contributed by atoms with van der Waals surface area (Å²) < 4.78 is 0. The molecule has 0 bridgehead atoms. The first-order valence-electron chi connectivity index (χ1n) is 7.68. The maximum absolute atomic E-state index is 12.3.